The molecule has 2 heterocycles. The van der Waals surface area contributed by atoms with Gasteiger partial charge in [-0.15, -0.1) is 0 Å². The van der Waals surface area contributed by atoms with E-state index >= 15 is 0 Å². The van der Waals surface area contributed by atoms with Crippen molar-refractivity contribution >= 4 is 0 Å². The van der Waals surface area contributed by atoms with E-state index in [4.69, 9.17) is 4.74 Å². The van der Waals surface area contributed by atoms with Crippen LogP contribution in [0.3, 0.4) is 0 Å². The van der Waals surface area contributed by atoms with E-state index in [0.29, 0.717) is 12.1 Å². The predicted molar refractivity (Wildman–Crippen MR) is 46.1 cm³/mol. The summed E-state index contributed by atoms with van der Waals surface area (Å²) in [5, 5.41) is 3.17. The monoisotopic (exact) mass is 197 g/mol. The van der Waals surface area contributed by atoms with Crippen LogP contribution in [0, 0.1) is 11.6 Å². The minimum absolute atomic E-state index is 0.0347. The number of fused-ring (bicyclic) bond motifs is 4. The molecule has 0 radical (unpaired) electrons. The van der Waals surface area contributed by atoms with Crippen LogP contribution in [0.15, 0.2) is 12.1 Å². The van der Waals surface area contributed by atoms with Gasteiger partial charge in [-0.3, -0.25) is 0 Å². The van der Waals surface area contributed by atoms with Crippen molar-refractivity contribution in [2.24, 2.45) is 0 Å². The quantitative estimate of drug-likeness (QED) is 0.684. The fraction of sp³-hybridized carbons (Fsp3) is 0.400. The van der Waals surface area contributed by atoms with Crippen molar-refractivity contribution in [3.05, 3.63) is 29.3 Å². The van der Waals surface area contributed by atoms with Crippen molar-refractivity contribution in [3.8, 4) is 5.75 Å². The topological polar surface area (TPSA) is 21.3 Å². The molecule has 0 aliphatic carbocycles. The predicted octanol–water partition coefficient (Wildman–Crippen LogP) is 1.76. The molecular formula is C10H9F2NO. The van der Waals surface area contributed by atoms with Gasteiger partial charge in [0.25, 0.3) is 0 Å². The summed E-state index contributed by atoms with van der Waals surface area (Å²) in [6.07, 6.45) is 0.836. The molecule has 2 nitrogen and oxygen atoms in total. The van der Waals surface area contributed by atoms with Gasteiger partial charge in [0.1, 0.15) is 11.9 Å². The number of rotatable bonds is 0. The van der Waals surface area contributed by atoms with E-state index in [1.807, 2.05) is 0 Å². The highest BCUT2D eigenvalue weighted by atomic mass is 19.1. The molecule has 2 atom stereocenters. The molecule has 0 spiro atoms. The van der Waals surface area contributed by atoms with Gasteiger partial charge >= 0.3 is 0 Å². The second kappa shape index (κ2) is 2.67. The summed E-state index contributed by atoms with van der Waals surface area (Å²) in [4.78, 5) is 0. The van der Waals surface area contributed by atoms with Gasteiger partial charge in [-0.05, 0) is 6.07 Å². The van der Waals surface area contributed by atoms with Crippen molar-refractivity contribution < 1.29 is 13.5 Å². The largest absolute Gasteiger partial charge is 0.486 e. The van der Waals surface area contributed by atoms with E-state index in [-0.39, 0.29) is 17.9 Å². The Hall–Kier alpha value is -1.16. The smallest absolute Gasteiger partial charge is 0.168 e. The normalized spacial score (nSPS) is 28.4. The van der Waals surface area contributed by atoms with Crippen molar-refractivity contribution in [1.29, 1.82) is 0 Å². The Morgan fingerprint density at radius 3 is 3.07 bits per heavy atom. The fourth-order valence-corrected chi connectivity index (χ4v) is 2.16. The summed E-state index contributed by atoms with van der Waals surface area (Å²) in [6, 6.07) is 2.26. The first-order valence-electron chi connectivity index (χ1n) is 4.63. The minimum Gasteiger partial charge on any atom is -0.486 e. The highest BCUT2D eigenvalue weighted by molar-refractivity contribution is 5.41. The van der Waals surface area contributed by atoms with Crippen LogP contribution >= 0.6 is 0 Å². The van der Waals surface area contributed by atoms with E-state index in [1.165, 1.54) is 6.07 Å². The maximum Gasteiger partial charge on any atom is 0.168 e. The van der Waals surface area contributed by atoms with Gasteiger partial charge in [0.05, 0.1) is 0 Å². The first-order chi connectivity index (χ1) is 6.74. The second-order valence-corrected chi connectivity index (χ2v) is 3.74. The standard InChI is InChI=1S/C10H9F2NO/c11-5-1-7-9-3-6(4-13-9)14-10(7)8(12)2-5/h1-2,6,9,13H,3-4H2/t6-,9-/m0/s1. The number of ether oxygens (including phenoxy) is 1. The Labute approximate surface area is 79.9 Å². The van der Waals surface area contributed by atoms with Gasteiger partial charge < -0.3 is 10.1 Å². The van der Waals surface area contributed by atoms with Gasteiger partial charge in [-0.25, -0.2) is 8.78 Å². The van der Waals surface area contributed by atoms with Gasteiger partial charge in [0.15, 0.2) is 11.6 Å². The van der Waals surface area contributed by atoms with E-state index in [9.17, 15) is 8.78 Å². The zero-order valence-electron chi connectivity index (χ0n) is 7.39. The van der Waals surface area contributed by atoms with Crippen molar-refractivity contribution in [2.75, 3.05) is 6.54 Å². The van der Waals surface area contributed by atoms with Crippen LogP contribution < -0.4 is 10.1 Å². The van der Waals surface area contributed by atoms with Gasteiger partial charge in [-0.1, -0.05) is 0 Å². The average Bonchev–Trinajstić information content (AvgIpc) is 2.52. The third kappa shape index (κ3) is 1.04. The van der Waals surface area contributed by atoms with Crippen LogP contribution in [-0.2, 0) is 0 Å². The molecule has 0 aromatic heterocycles. The van der Waals surface area contributed by atoms with Crippen LogP contribution in [0.1, 0.15) is 18.0 Å². The molecule has 14 heavy (non-hydrogen) atoms. The van der Waals surface area contributed by atoms with E-state index in [0.717, 1.165) is 12.5 Å². The Morgan fingerprint density at radius 2 is 2.21 bits per heavy atom. The number of hydrogen-bond donors (Lipinski definition) is 1. The van der Waals surface area contributed by atoms with E-state index in [1.54, 1.807) is 0 Å². The van der Waals surface area contributed by atoms with Crippen molar-refractivity contribution in [2.45, 2.75) is 18.6 Å². The molecule has 1 aromatic carbocycles. The number of hydrogen-bond acceptors (Lipinski definition) is 2. The fourth-order valence-electron chi connectivity index (χ4n) is 2.16. The third-order valence-corrected chi connectivity index (χ3v) is 2.79. The summed E-state index contributed by atoms with van der Waals surface area (Å²) in [5.41, 5.74) is 0.608. The number of nitrogens with one attached hydrogen (secondary N) is 1. The lowest BCUT2D eigenvalue weighted by molar-refractivity contribution is 0.194. The highest BCUT2D eigenvalue weighted by Gasteiger charge is 2.35. The summed E-state index contributed by atoms with van der Waals surface area (Å²) in [6.45, 7) is 0.709. The molecule has 0 amide bonds. The third-order valence-electron chi connectivity index (χ3n) is 2.79. The summed E-state index contributed by atoms with van der Waals surface area (Å²) >= 11 is 0. The molecule has 3 rings (SSSR count). The van der Waals surface area contributed by atoms with Crippen LogP contribution in [0.2, 0.25) is 0 Å². The highest BCUT2D eigenvalue weighted by Crippen LogP contribution is 2.39. The van der Waals surface area contributed by atoms with Crippen LogP contribution in [0.25, 0.3) is 0 Å². The Morgan fingerprint density at radius 1 is 1.36 bits per heavy atom. The van der Waals surface area contributed by atoms with Crippen LogP contribution in [-0.4, -0.2) is 12.6 Å². The molecular weight excluding hydrogens is 188 g/mol. The van der Waals surface area contributed by atoms with Crippen LogP contribution in [0.5, 0.6) is 5.75 Å². The zero-order chi connectivity index (χ0) is 9.71. The molecule has 4 heteroatoms. The molecule has 1 N–H and O–H groups in total. The minimum atomic E-state index is -0.599. The lowest BCUT2D eigenvalue weighted by Gasteiger charge is -2.23. The maximum absolute atomic E-state index is 13.3. The molecule has 1 fully saturated rings. The Bertz CT molecular complexity index is 394. The van der Waals surface area contributed by atoms with Crippen molar-refractivity contribution in [1.82, 2.24) is 5.32 Å². The molecule has 2 aliphatic heterocycles. The molecule has 0 unspecified atom stereocenters. The lowest BCUT2D eigenvalue weighted by atomic mass is 10.0. The average molecular weight is 197 g/mol. The summed E-state index contributed by atoms with van der Waals surface area (Å²) < 4.78 is 31.7. The van der Waals surface area contributed by atoms with Crippen molar-refractivity contribution in [3.63, 3.8) is 0 Å². The first kappa shape index (κ1) is 8.17. The molecule has 0 saturated carbocycles. The van der Waals surface area contributed by atoms with Crippen LogP contribution in [0.4, 0.5) is 8.78 Å². The zero-order valence-corrected chi connectivity index (χ0v) is 7.39. The van der Waals surface area contributed by atoms with E-state index in [2.05, 4.69) is 5.32 Å². The van der Waals surface area contributed by atoms with Gasteiger partial charge in [-0.2, -0.15) is 0 Å². The Kier molecular flexibility index (Phi) is 1.56. The van der Waals surface area contributed by atoms with Gasteiger partial charge in [0, 0.05) is 30.6 Å². The summed E-state index contributed by atoms with van der Waals surface area (Å²) in [5.74, 6) is -0.923. The summed E-state index contributed by atoms with van der Waals surface area (Å²) in [7, 11) is 0. The molecule has 2 aliphatic rings. The number of halogens is 2. The van der Waals surface area contributed by atoms with Gasteiger partial charge in [0.2, 0.25) is 0 Å². The van der Waals surface area contributed by atoms with E-state index < -0.39 is 11.6 Å². The number of benzene rings is 1. The molecule has 1 aromatic rings. The molecule has 74 valence electrons. The Balaban J connectivity index is 2.18. The second-order valence-electron chi connectivity index (χ2n) is 3.74. The maximum atomic E-state index is 13.3. The first-order valence-corrected chi connectivity index (χ1v) is 4.63. The molecule has 2 bridgehead atoms. The SMILES string of the molecule is Fc1cc(F)c2c(c1)[C@@H]1C[C@@H](CN1)O2. The lowest BCUT2D eigenvalue weighted by Crippen LogP contribution is -2.20. The molecule has 1 saturated heterocycles.